The topological polar surface area (TPSA) is 108 Å². The van der Waals surface area contributed by atoms with E-state index in [0.717, 1.165) is 11.3 Å². The van der Waals surface area contributed by atoms with Crippen LogP contribution in [0.25, 0.3) is 28.0 Å². The summed E-state index contributed by atoms with van der Waals surface area (Å²) in [5.41, 5.74) is 3.53. The van der Waals surface area contributed by atoms with Crippen LogP contribution < -0.4 is 10.1 Å². The van der Waals surface area contributed by atoms with Gasteiger partial charge in [0.1, 0.15) is 11.5 Å². The molecule has 37 heavy (non-hydrogen) atoms. The van der Waals surface area contributed by atoms with Crippen molar-refractivity contribution >= 4 is 22.9 Å². The van der Waals surface area contributed by atoms with Gasteiger partial charge in [0.15, 0.2) is 12.3 Å². The highest BCUT2D eigenvalue weighted by Gasteiger charge is 2.22. The van der Waals surface area contributed by atoms with E-state index in [0.29, 0.717) is 33.9 Å². The smallest absolute Gasteiger partial charge is 0.339 e. The SMILES string of the molecule is COc1ccc(-c2cc(C(=O)OCC(=O)NCc3ccco3)c3c(C)nn(-c4ccccc4)c3n2)cc1. The van der Waals surface area contributed by atoms with Gasteiger partial charge < -0.3 is 19.2 Å². The number of furan rings is 1. The summed E-state index contributed by atoms with van der Waals surface area (Å²) in [6.07, 6.45) is 1.52. The molecule has 0 saturated heterocycles. The van der Waals surface area contributed by atoms with Crippen LogP contribution in [-0.2, 0) is 16.1 Å². The number of aromatic nitrogens is 3. The molecule has 5 rings (SSSR count). The molecule has 0 radical (unpaired) electrons. The molecule has 5 aromatic rings. The van der Waals surface area contributed by atoms with Gasteiger partial charge in [0, 0.05) is 5.56 Å². The number of hydrogen-bond acceptors (Lipinski definition) is 7. The molecule has 1 N–H and O–H groups in total. The van der Waals surface area contributed by atoms with Crippen molar-refractivity contribution in [2.45, 2.75) is 13.5 Å². The number of pyridine rings is 1. The number of aryl methyl sites for hydroxylation is 1. The normalized spacial score (nSPS) is 10.9. The first-order valence-corrected chi connectivity index (χ1v) is 11.6. The standard InChI is InChI=1S/C28H24N4O5/c1-18-26-23(28(34)37-17-25(33)29-16-22-9-6-14-36-22)15-24(19-10-12-21(35-2)13-11-19)30-27(26)32(31-18)20-7-4-3-5-8-20/h3-15H,16-17H2,1-2H3,(H,29,33). The minimum atomic E-state index is -0.647. The van der Waals surface area contributed by atoms with E-state index in [2.05, 4.69) is 10.4 Å². The molecule has 0 unspecified atom stereocenters. The maximum absolute atomic E-state index is 13.3. The van der Waals surface area contributed by atoms with E-state index in [4.69, 9.17) is 18.9 Å². The van der Waals surface area contributed by atoms with Crippen molar-refractivity contribution in [2.24, 2.45) is 0 Å². The van der Waals surface area contributed by atoms with Crippen LogP contribution in [-0.4, -0.2) is 40.4 Å². The number of benzene rings is 2. The van der Waals surface area contributed by atoms with Crippen molar-refractivity contribution in [3.05, 3.63) is 96.1 Å². The maximum atomic E-state index is 13.3. The first-order valence-electron chi connectivity index (χ1n) is 11.6. The maximum Gasteiger partial charge on any atom is 0.339 e. The highest BCUT2D eigenvalue weighted by atomic mass is 16.5. The molecule has 0 atom stereocenters. The fraction of sp³-hybridized carbons (Fsp3) is 0.143. The Hall–Kier alpha value is -4.92. The Balaban J connectivity index is 1.50. The number of nitrogens with one attached hydrogen (secondary N) is 1. The number of nitrogens with zero attached hydrogens (tertiary/aromatic N) is 3. The summed E-state index contributed by atoms with van der Waals surface area (Å²) in [6.45, 7) is 1.57. The van der Waals surface area contributed by atoms with Crippen LogP contribution in [0, 0.1) is 6.92 Å². The van der Waals surface area contributed by atoms with Crippen molar-refractivity contribution in [1.29, 1.82) is 0 Å². The van der Waals surface area contributed by atoms with E-state index in [1.165, 1.54) is 6.26 Å². The van der Waals surface area contributed by atoms with Crippen molar-refractivity contribution < 1.29 is 23.5 Å². The van der Waals surface area contributed by atoms with Crippen LogP contribution >= 0.6 is 0 Å². The van der Waals surface area contributed by atoms with Gasteiger partial charge in [0.25, 0.3) is 5.91 Å². The monoisotopic (exact) mass is 496 g/mol. The molecule has 0 spiro atoms. The highest BCUT2D eigenvalue weighted by molar-refractivity contribution is 6.05. The lowest BCUT2D eigenvalue weighted by atomic mass is 10.1. The van der Waals surface area contributed by atoms with Gasteiger partial charge in [-0.3, -0.25) is 4.79 Å². The van der Waals surface area contributed by atoms with Gasteiger partial charge in [-0.1, -0.05) is 18.2 Å². The molecule has 0 bridgehead atoms. The lowest BCUT2D eigenvalue weighted by Crippen LogP contribution is -2.28. The third-order valence-electron chi connectivity index (χ3n) is 5.79. The minimum absolute atomic E-state index is 0.202. The van der Waals surface area contributed by atoms with Crippen LogP contribution in [0.3, 0.4) is 0 Å². The summed E-state index contributed by atoms with van der Waals surface area (Å²) in [7, 11) is 1.60. The van der Waals surface area contributed by atoms with Gasteiger partial charge in [-0.05, 0) is 61.5 Å². The molecule has 9 nitrogen and oxygen atoms in total. The molecule has 0 aliphatic rings. The predicted octanol–water partition coefficient (Wildman–Crippen LogP) is 4.47. The van der Waals surface area contributed by atoms with E-state index in [9.17, 15) is 9.59 Å². The Morgan fingerprint density at radius 1 is 1.03 bits per heavy atom. The summed E-state index contributed by atoms with van der Waals surface area (Å²) < 4.78 is 17.6. The summed E-state index contributed by atoms with van der Waals surface area (Å²) in [5, 5.41) is 7.88. The van der Waals surface area contributed by atoms with Gasteiger partial charge in [-0.15, -0.1) is 0 Å². The number of methoxy groups -OCH3 is 1. The molecule has 0 saturated carbocycles. The Kier molecular flexibility index (Phi) is 6.67. The largest absolute Gasteiger partial charge is 0.497 e. The third kappa shape index (κ3) is 5.06. The second-order valence-electron chi connectivity index (χ2n) is 8.25. The lowest BCUT2D eigenvalue weighted by molar-refractivity contribution is -0.124. The molecule has 0 aliphatic carbocycles. The quantitative estimate of drug-likeness (QED) is 0.316. The van der Waals surface area contributed by atoms with E-state index in [1.54, 1.807) is 30.0 Å². The van der Waals surface area contributed by atoms with Crippen LogP contribution in [0.4, 0.5) is 0 Å². The zero-order valence-electron chi connectivity index (χ0n) is 20.3. The molecular weight excluding hydrogens is 472 g/mol. The Labute approximate surface area is 212 Å². The highest BCUT2D eigenvalue weighted by Crippen LogP contribution is 2.30. The number of ether oxygens (including phenoxy) is 2. The summed E-state index contributed by atoms with van der Waals surface area (Å²) in [5.74, 6) is 0.215. The summed E-state index contributed by atoms with van der Waals surface area (Å²) in [4.78, 5) is 30.4. The van der Waals surface area contributed by atoms with Crippen LogP contribution in [0.5, 0.6) is 5.75 Å². The summed E-state index contributed by atoms with van der Waals surface area (Å²) >= 11 is 0. The Morgan fingerprint density at radius 2 is 1.81 bits per heavy atom. The average molecular weight is 497 g/mol. The Bertz CT molecular complexity index is 1540. The molecule has 0 fully saturated rings. The number of para-hydroxylation sites is 1. The van der Waals surface area contributed by atoms with E-state index >= 15 is 0 Å². The molecule has 186 valence electrons. The molecule has 3 aromatic heterocycles. The fourth-order valence-corrected chi connectivity index (χ4v) is 3.97. The van der Waals surface area contributed by atoms with E-state index in [1.807, 2.05) is 61.5 Å². The van der Waals surface area contributed by atoms with Gasteiger partial charge in [-0.25, -0.2) is 14.5 Å². The van der Waals surface area contributed by atoms with Crippen molar-refractivity contribution in [2.75, 3.05) is 13.7 Å². The molecule has 9 heteroatoms. The molecule has 1 amide bonds. The van der Waals surface area contributed by atoms with Crippen molar-refractivity contribution in [3.63, 3.8) is 0 Å². The first-order chi connectivity index (χ1) is 18.0. The molecule has 3 heterocycles. The number of fused-ring (bicyclic) bond motifs is 1. The zero-order chi connectivity index (χ0) is 25.8. The number of carbonyl (C=O) groups excluding carboxylic acids is 2. The minimum Gasteiger partial charge on any atom is -0.497 e. The van der Waals surface area contributed by atoms with Crippen molar-refractivity contribution in [3.8, 4) is 22.7 Å². The van der Waals surface area contributed by atoms with Gasteiger partial charge in [-0.2, -0.15) is 5.10 Å². The molecule has 2 aromatic carbocycles. The third-order valence-corrected chi connectivity index (χ3v) is 5.79. The Morgan fingerprint density at radius 3 is 2.51 bits per heavy atom. The summed E-state index contributed by atoms with van der Waals surface area (Å²) in [6, 6.07) is 22.1. The van der Waals surface area contributed by atoms with Crippen molar-refractivity contribution in [1.82, 2.24) is 20.1 Å². The number of amides is 1. The average Bonchev–Trinajstić information content (AvgIpc) is 3.58. The van der Waals surface area contributed by atoms with E-state index in [-0.39, 0.29) is 12.1 Å². The first kappa shape index (κ1) is 23.8. The number of rotatable bonds is 8. The number of esters is 1. The molecule has 0 aliphatic heterocycles. The molecular formula is C28H24N4O5. The number of carbonyl (C=O) groups is 2. The second-order valence-corrected chi connectivity index (χ2v) is 8.25. The van der Waals surface area contributed by atoms with E-state index < -0.39 is 18.5 Å². The zero-order valence-corrected chi connectivity index (χ0v) is 20.3. The van der Waals surface area contributed by atoms with Crippen LogP contribution in [0.2, 0.25) is 0 Å². The van der Waals surface area contributed by atoms with Gasteiger partial charge >= 0.3 is 5.97 Å². The fourth-order valence-electron chi connectivity index (χ4n) is 3.97. The van der Waals surface area contributed by atoms with Gasteiger partial charge in [0.05, 0.1) is 47.9 Å². The predicted molar refractivity (Wildman–Crippen MR) is 136 cm³/mol. The lowest BCUT2D eigenvalue weighted by Gasteiger charge is -2.10. The van der Waals surface area contributed by atoms with Gasteiger partial charge in [0.2, 0.25) is 0 Å². The number of hydrogen-bond donors (Lipinski definition) is 1. The second kappa shape index (κ2) is 10.4. The van der Waals surface area contributed by atoms with Crippen LogP contribution in [0.1, 0.15) is 21.8 Å². The van der Waals surface area contributed by atoms with Crippen LogP contribution in [0.15, 0.2) is 83.5 Å².